The zero-order valence-electron chi connectivity index (χ0n) is 13.3. The van der Waals surface area contributed by atoms with Gasteiger partial charge < -0.3 is 20.4 Å². The van der Waals surface area contributed by atoms with Crippen LogP contribution in [0, 0.1) is 18.3 Å². The van der Waals surface area contributed by atoms with Gasteiger partial charge in [-0.25, -0.2) is 0 Å². The minimum absolute atomic E-state index is 0.267. The average molecular weight is 312 g/mol. The molecule has 0 spiro atoms. The van der Waals surface area contributed by atoms with Gasteiger partial charge in [-0.3, -0.25) is 4.79 Å². The number of hydrogen-bond donors (Lipinski definition) is 3. The molecule has 6 heteroatoms. The summed E-state index contributed by atoms with van der Waals surface area (Å²) in [5, 5.41) is 15.6. The number of anilines is 3. The summed E-state index contributed by atoms with van der Waals surface area (Å²) in [4.78, 5) is 15.0. The fourth-order valence-corrected chi connectivity index (χ4v) is 2.23. The number of benzene rings is 1. The minimum Gasteiger partial charge on any atom is -0.380 e. The fourth-order valence-electron chi connectivity index (χ4n) is 2.23. The Balaban J connectivity index is 2.28. The normalized spacial score (nSPS) is 10.1. The van der Waals surface area contributed by atoms with Gasteiger partial charge in [-0.15, -0.1) is 0 Å². The predicted octanol–water partition coefficient (Wildman–Crippen LogP) is 2.75. The Bertz CT molecular complexity index is 748. The van der Waals surface area contributed by atoms with Crippen molar-refractivity contribution in [3.63, 3.8) is 0 Å². The van der Waals surface area contributed by atoms with Crippen molar-refractivity contribution in [2.75, 3.05) is 30.4 Å². The topological polar surface area (TPSA) is 89.9 Å². The summed E-state index contributed by atoms with van der Waals surface area (Å²) >= 11 is 0. The number of ether oxygens (including phenoxy) is 1. The number of H-pyrrole nitrogens is 1. The smallest absolute Gasteiger partial charge is 0.273 e. The Morgan fingerprint density at radius 1 is 1.30 bits per heavy atom. The maximum atomic E-state index is 12.3. The van der Waals surface area contributed by atoms with E-state index in [-0.39, 0.29) is 5.56 Å². The minimum atomic E-state index is -0.267. The van der Waals surface area contributed by atoms with E-state index < -0.39 is 0 Å². The molecule has 0 radical (unpaired) electrons. The zero-order valence-corrected chi connectivity index (χ0v) is 13.3. The molecule has 0 amide bonds. The van der Waals surface area contributed by atoms with Gasteiger partial charge in [0.15, 0.2) is 0 Å². The van der Waals surface area contributed by atoms with Gasteiger partial charge in [0, 0.05) is 18.8 Å². The predicted molar refractivity (Wildman–Crippen MR) is 91.2 cm³/mol. The van der Waals surface area contributed by atoms with Crippen LogP contribution in [-0.4, -0.2) is 24.7 Å². The number of nitriles is 1. The van der Waals surface area contributed by atoms with E-state index in [0.29, 0.717) is 42.4 Å². The fraction of sp³-hybridized carbons (Fsp3) is 0.294. The summed E-state index contributed by atoms with van der Waals surface area (Å²) in [6.07, 6.45) is 0. The number of nitrogens with one attached hydrogen (secondary N) is 3. The van der Waals surface area contributed by atoms with Gasteiger partial charge in [-0.05, 0) is 31.5 Å². The number of aromatic nitrogens is 1. The molecule has 2 rings (SSSR count). The van der Waals surface area contributed by atoms with Gasteiger partial charge in [0.1, 0.15) is 17.6 Å². The molecule has 0 aliphatic rings. The van der Waals surface area contributed by atoms with Crippen LogP contribution in [0.4, 0.5) is 17.2 Å². The molecule has 0 aliphatic carbocycles. The third-order valence-corrected chi connectivity index (χ3v) is 3.37. The number of pyridine rings is 1. The molecule has 0 atom stereocenters. The van der Waals surface area contributed by atoms with E-state index in [2.05, 4.69) is 21.7 Å². The first-order valence-electron chi connectivity index (χ1n) is 7.48. The molecule has 2 aromatic rings. The Labute approximate surface area is 135 Å². The first-order chi connectivity index (χ1) is 11.2. The number of rotatable bonds is 7. The Morgan fingerprint density at radius 2 is 2.04 bits per heavy atom. The molecule has 0 saturated carbocycles. The Hall–Kier alpha value is -2.78. The van der Waals surface area contributed by atoms with Crippen molar-refractivity contribution in [1.82, 2.24) is 4.98 Å². The zero-order chi connectivity index (χ0) is 16.7. The lowest BCUT2D eigenvalue weighted by atomic mass is 10.1. The third kappa shape index (κ3) is 4.11. The van der Waals surface area contributed by atoms with Crippen molar-refractivity contribution in [3.05, 3.63) is 51.8 Å². The summed E-state index contributed by atoms with van der Waals surface area (Å²) in [6, 6.07) is 11.5. The van der Waals surface area contributed by atoms with Crippen LogP contribution in [-0.2, 0) is 4.74 Å². The molecule has 3 N–H and O–H groups in total. The molecule has 0 fully saturated rings. The molecular weight excluding hydrogens is 292 g/mol. The molecule has 120 valence electrons. The maximum absolute atomic E-state index is 12.3. The molecule has 1 aromatic carbocycles. The first kappa shape index (κ1) is 16.6. The van der Waals surface area contributed by atoms with Crippen LogP contribution < -0.4 is 16.2 Å². The van der Waals surface area contributed by atoms with Gasteiger partial charge >= 0.3 is 0 Å². The van der Waals surface area contributed by atoms with Gasteiger partial charge in [-0.2, -0.15) is 5.26 Å². The van der Waals surface area contributed by atoms with Gasteiger partial charge in [0.05, 0.1) is 12.2 Å². The van der Waals surface area contributed by atoms with Gasteiger partial charge in [0.25, 0.3) is 5.56 Å². The van der Waals surface area contributed by atoms with Crippen molar-refractivity contribution in [1.29, 1.82) is 5.26 Å². The highest BCUT2D eigenvalue weighted by Gasteiger charge is 2.14. The highest BCUT2D eigenvalue weighted by molar-refractivity contribution is 5.69. The van der Waals surface area contributed by atoms with Crippen LogP contribution in [0.15, 0.2) is 35.1 Å². The van der Waals surface area contributed by atoms with E-state index in [4.69, 9.17) is 4.74 Å². The lowest BCUT2D eigenvalue weighted by molar-refractivity contribution is 0.158. The largest absolute Gasteiger partial charge is 0.380 e. The van der Waals surface area contributed by atoms with Crippen LogP contribution >= 0.6 is 0 Å². The molecule has 0 aliphatic heterocycles. The van der Waals surface area contributed by atoms with E-state index in [1.807, 2.05) is 37.3 Å². The number of nitrogens with zero attached hydrogens (tertiary/aromatic N) is 1. The molecular formula is C17H20N4O2. The molecule has 1 heterocycles. The summed E-state index contributed by atoms with van der Waals surface area (Å²) in [5.41, 5.74) is 1.96. The van der Waals surface area contributed by atoms with Crippen LogP contribution in [0.1, 0.15) is 18.1 Å². The average Bonchev–Trinajstić information content (AvgIpc) is 2.55. The van der Waals surface area contributed by atoms with E-state index in [1.54, 1.807) is 6.92 Å². The van der Waals surface area contributed by atoms with Crippen molar-refractivity contribution in [2.24, 2.45) is 0 Å². The monoisotopic (exact) mass is 312 g/mol. The first-order valence-corrected chi connectivity index (χ1v) is 7.48. The maximum Gasteiger partial charge on any atom is 0.273 e. The molecule has 0 bridgehead atoms. The summed E-state index contributed by atoms with van der Waals surface area (Å²) in [7, 11) is 0. The molecule has 0 saturated heterocycles. The summed E-state index contributed by atoms with van der Waals surface area (Å²) in [6.45, 7) is 5.30. The Morgan fingerprint density at radius 3 is 2.70 bits per heavy atom. The number of hydrogen-bond acceptors (Lipinski definition) is 5. The molecule has 6 nitrogen and oxygen atoms in total. The Kier molecular flexibility index (Phi) is 5.78. The lowest BCUT2D eigenvalue weighted by Crippen LogP contribution is -2.21. The SMILES string of the molecule is CCOCCNc1c(C)c(C#N)c(Nc2ccccc2)[nH]c1=O. The van der Waals surface area contributed by atoms with E-state index >= 15 is 0 Å². The highest BCUT2D eigenvalue weighted by atomic mass is 16.5. The summed E-state index contributed by atoms with van der Waals surface area (Å²) < 4.78 is 5.24. The lowest BCUT2D eigenvalue weighted by Gasteiger charge is -2.14. The van der Waals surface area contributed by atoms with E-state index in [0.717, 1.165) is 5.69 Å². The standard InChI is InChI=1S/C17H20N4O2/c1-3-23-10-9-19-15-12(2)14(11-18)16(21-17(15)22)20-13-7-5-4-6-8-13/h4-8,19H,3,9-10H2,1-2H3,(H2,20,21,22). The van der Waals surface area contributed by atoms with Crippen molar-refractivity contribution in [3.8, 4) is 6.07 Å². The van der Waals surface area contributed by atoms with Gasteiger partial charge in [0.2, 0.25) is 0 Å². The van der Waals surface area contributed by atoms with Crippen LogP contribution in [0.3, 0.4) is 0 Å². The quantitative estimate of drug-likeness (QED) is 0.684. The van der Waals surface area contributed by atoms with Crippen LogP contribution in [0.5, 0.6) is 0 Å². The van der Waals surface area contributed by atoms with Crippen LogP contribution in [0.25, 0.3) is 0 Å². The van der Waals surface area contributed by atoms with Crippen molar-refractivity contribution < 1.29 is 4.74 Å². The molecule has 23 heavy (non-hydrogen) atoms. The van der Waals surface area contributed by atoms with E-state index in [9.17, 15) is 10.1 Å². The second kappa shape index (κ2) is 8.01. The summed E-state index contributed by atoms with van der Waals surface area (Å²) in [5.74, 6) is 0.400. The van der Waals surface area contributed by atoms with Crippen molar-refractivity contribution >= 4 is 17.2 Å². The highest BCUT2D eigenvalue weighted by Crippen LogP contribution is 2.23. The van der Waals surface area contributed by atoms with Gasteiger partial charge in [-0.1, -0.05) is 18.2 Å². The second-order valence-electron chi connectivity index (χ2n) is 4.93. The van der Waals surface area contributed by atoms with Crippen LogP contribution in [0.2, 0.25) is 0 Å². The number of aromatic amines is 1. The van der Waals surface area contributed by atoms with E-state index in [1.165, 1.54) is 0 Å². The second-order valence-corrected chi connectivity index (χ2v) is 4.93. The number of para-hydroxylation sites is 1. The molecule has 1 aromatic heterocycles. The van der Waals surface area contributed by atoms with Crippen molar-refractivity contribution in [2.45, 2.75) is 13.8 Å². The molecule has 0 unspecified atom stereocenters. The third-order valence-electron chi connectivity index (χ3n) is 3.37.